The van der Waals surface area contributed by atoms with Crippen molar-refractivity contribution in [3.8, 4) is 6.07 Å². The zero-order valence-corrected chi connectivity index (χ0v) is 12.3. The molecule has 20 heavy (non-hydrogen) atoms. The van der Waals surface area contributed by atoms with Crippen molar-refractivity contribution < 1.29 is 4.79 Å². The lowest BCUT2D eigenvalue weighted by Crippen LogP contribution is -2.30. The van der Waals surface area contributed by atoms with Gasteiger partial charge in [0.05, 0.1) is 16.7 Å². The van der Waals surface area contributed by atoms with Gasteiger partial charge in [0, 0.05) is 23.1 Å². The number of halogens is 1. The summed E-state index contributed by atoms with van der Waals surface area (Å²) in [5.74, 6) is 0.323. The first-order valence-electron chi connectivity index (χ1n) is 6.09. The van der Waals surface area contributed by atoms with E-state index in [4.69, 9.17) is 11.6 Å². The van der Waals surface area contributed by atoms with Crippen molar-refractivity contribution >= 4 is 29.3 Å². The van der Waals surface area contributed by atoms with Crippen molar-refractivity contribution in [1.82, 2.24) is 5.32 Å². The molecule has 3 nitrogen and oxygen atoms in total. The number of nitrogens with zero attached hydrogens (tertiary/aromatic N) is 1. The molecule has 2 rings (SSSR count). The van der Waals surface area contributed by atoms with Crippen molar-refractivity contribution in [2.45, 2.75) is 12.3 Å². The van der Waals surface area contributed by atoms with Crippen LogP contribution in [0, 0.1) is 11.3 Å². The van der Waals surface area contributed by atoms with Gasteiger partial charge in [-0.05, 0) is 17.7 Å². The molecule has 0 aliphatic carbocycles. The van der Waals surface area contributed by atoms with Gasteiger partial charge in [-0.3, -0.25) is 4.79 Å². The van der Waals surface area contributed by atoms with Crippen LogP contribution in [0.15, 0.2) is 47.5 Å². The fraction of sp³-hybridized carbons (Fsp3) is 0.200. The molecule has 1 atom stereocenters. The molecule has 0 radical (unpaired) electrons. The van der Waals surface area contributed by atoms with Gasteiger partial charge in [-0.25, -0.2) is 0 Å². The summed E-state index contributed by atoms with van der Waals surface area (Å²) in [4.78, 5) is 11.8. The normalized spacial score (nSPS) is 18.4. The molecule has 0 spiro atoms. The highest BCUT2D eigenvalue weighted by Crippen LogP contribution is 2.36. The summed E-state index contributed by atoms with van der Waals surface area (Å²) in [7, 11) is 0. The molecule has 1 aliphatic heterocycles. The molecular weight excluding hydrogens is 292 g/mol. The first-order valence-corrected chi connectivity index (χ1v) is 7.45. The van der Waals surface area contributed by atoms with Crippen molar-refractivity contribution in [3.05, 3.63) is 58.1 Å². The maximum absolute atomic E-state index is 11.8. The van der Waals surface area contributed by atoms with E-state index in [0.29, 0.717) is 21.4 Å². The van der Waals surface area contributed by atoms with Crippen LogP contribution in [0.5, 0.6) is 0 Å². The van der Waals surface area contributed by atoms with Crippen LogP contribution in [0.2, 0.25) is 5.02 Å². The minimum absolute atomic E-state index is 0.0828. The quantitative estimate of drug-likeness (QED) is 0.865. The Balaban J connectivity index is 2.42. The molecule has 102 valence electrons. The highest BCUT2D eigenvalue weighted by molar-refractivity contribution is 8.03. The van der Waals surface area contributed by atoms with Crippen molar-refractivity contribution in [3.63, 3.8) is 0 Å². The molecule has 1 amide bonds. The van der Waals surface area contributed by atoms with E-state index in [9.17, 15) is 10.1 Å². The summed E-state index contributed by atoms with van der Waals surface area (Å²) >= 11 is 7.40. The number of carbonyl (C=O) groups is 1. The van der Waals surface area contributed by atoms with Crippen LogP contribution in [-0.4, -0.2) is 11.7 Å². The van der Waals surface area contributed by atoms with Crippen LogP contribution in [-0.2, 0) is 4.79 Å². The predicted octanol–water partition coefficient (Wildman–Crippen LogP) is 3.60. The molecule has 0 unspecified atom stereocenters. The average molecular weight is 305 g/mol. The summed E-state index contributed by atoms with van der Waals surface area (Å²) in [6.45, 7) is 3.65. The number of amides is 1. The molecule has 1 heterocycles. The SMILES string of the molecule is C=CCSC1=C(C#N)[C@@H](c2cccc(Cl)c2)CC(=O)N1. The van der Waals surface area contributed by atoms with Crippen LogP contribution in [0.3, 0.4) is 0 Å². The summed E-state index contributed by atoms with van der Waals surface area (Å²) in [5, 5.41) is 13.4. The maximum Gasteiger partial charge on any atom is 0.225 e. The number of nitrogens with one attached hydrogen (secondary N) is 1. The second kappa shape index (κ2) is 6.65. The molecule has 1 aliphatic rings. The number of hydrogen-bond acceptors (Lipinski definition) is 3. The zero-order chi connectivity index (χ0) is 14.5. The molecule has 0 saturated heterocycles. The van der Waals surface area contributed by atoms with Crippen molar-refractivity contribution in [2.75, 3.05) is 5.75 Å². The number of hydrogen-bond donors (Lipinski definition) is 1. The van der Waals surface area contributed by atoms with E-state index >= 15 is 0 Å². The number of rotatable bonds is 4. The van der Waals surface area contributed by atoms with Gasteiger partial charge in [-0.2, -0.15) is 5.26 Å². The Morgan fingerprint density at radius 2 is 2.40 bits per heavy atom. The van der Waals surface area contributed by atoms with E-state index in [1.165, 1.54) is 11.8 Å². The predicted molar refractivity (Wildman–Crippen MR) is 82.2 cm³/mol. The third-order valence-electron chi connectivity index (χ3n) is 2.95. The Morgan fingerprint density at radius 3 is 3.05 bits per heavy atom. The Labute approximate surface area is 127 Å². The smallest absolute Gasteiger partial charge is 0.225 e. The molecular formula is C15H13ClN2OS. The van der Waals surface area contributed by atoms with Crippen LogP contribution in [0.25, 0.3) is 0 Å². The van der Waals surface area contributed by atoms with Gasteiger partial charge in [0.15, 0.2) is 0 Å². The van der Waals surface area contributed by atoms with E-state index in [2.05, 4.69) is 18.0 Å². The lowest BCUT2D eigenvalue weighted by molar-refractivity contribution is -0.120. The Hall–Kier alpha value is -1.70. The number of thioether (sulfide) groups is 1. The molecule has 1 aromatic carbocycles. The second-order valence-electron chi connectivity index (χ2n) is 4.31. The van der Waals surface area contributed by atoms with Gasteiger partial charge < -0.3 is 5.32 Å². The number of allylic oxidation sites excluding steroid dienone is 1. The van der Waals surface area contributed by atoms with Gasteiger partial charge in [0.25, 0.3) is 0 Å². The Bertz CT molecular complexity index is 619. The topological polar surface area (TPSA) is 52.9 Å². The lowest BCUT2D eigenvalue weighted by Gasteiger charge is -2.25. The fourth-order valence-corrected chi connectivity index (χ4v) is 3.10. The standard InChI is InChI=1S/C15H13ClN2OS/c1-2-6-20-15-13(9-17)12(8-14(19)18-15)10-4-3-5-11(16)7-10/h2-5,7,12H,1,6,8H2,(H,18,19)/t12-/m1/s1. The second-order valence-corrected chi connectivity index (χ2v) is 5.78. The van der Waals surface area contributed by atoms with E-state index < -0.39 is 0 Å². The minimum Gasteiger partial charge on any atom is -0.320 e. The molecule has 0 fully saturated rings. The van der Waals surface area contributed by atoms with E-state index in [1.807, 2.05) is 12.1 Å². The first kappa shape index (κ1) is 14.7. The van der Waals surface area contributed by atoms with E-state index in [-0.39, 0.29) is 18.2 Å². The molecule has 1 N–H and O–H groups in total. The highest BCUT2D eigenvalue weighted by Gasteiger charge is 2.29. The van der Waals surface area contributed by atoms with Gasteiger partial charge in [-0.15, -0.1) is 18.3 Å². The molecule has 1 aromatic rings. The first-order chi connectivity index (χ1) is 9.65. The summed E-state index contributed by atoms with van der Waals surface area (Å²) < 4.78 is 0. The van der Waals surface area contributed by atoms with Gasteiger partial charge >= 0.3 is 0 Å². The van der Waals surface area contributed by atoms with Crippen LogP contribution in [0.4, 0.5) is 0 Å². The lowest BCUT2D eigenvalue weighted by atomic mass is 9.87. The third-order valence-corrected chi connectivity index (χ3v) is 4.20. The van der Waals surface area contributed by atoms with E-state index in [0.717, 1.165) is 5.56 Å². The zero-order valence-electron chi connectivity index (χ0n) is 10.7. The van der Waals surface area contributed by atoms with Gasteiger partial charge in [-0.1, -0.05) is 29.8 Å². The average Bonchev–Trinajstić information content (AvgIpc) is 2.44. The number of nitriles is 1. The molecule has 0 bridgehead atoms. The third kappa shape index (κ3) is 3.24. The monoisotopic (exact) mass is 304 g/mol. The summed E-state index contributed by atoms with van der Waals surface area (Å²) in [5.41, 5.74) is 1.47. The van der Waals surface area contributed by atoms with Gasteiger partial charge in [0.1, 0.15) is 0 Å². The van der Waals surface area contributed by atoms with Crippen molar-refractivity contribution in [2.24, 2.45) is 0 Å². The van der Waals surface area contributed by atoms with Crippen LogP contribution < -0.4 is 5.32 Å². The Morgan fingerprint density at radius 1 is 1.60 bits per heavy atom. The molecule has 0 saturated carbocycles. The largest absolute Gasteiger partial charge is 0.320 e. The van der Waals surface area contributed by atoms with E-state index in [1.54, 1.807) is 18.2 Å². The highest BCUT2D eigenvalue weighted by atomic mass is 35.5. The van der Waals surface area contributed by atoms with Crippen molar-refractivity contribution in [1.29, 1.82) is 5.26 Å². The Kier molecular flexibility index (Phi) is 4.89. The molecule has 5 heteroatoms. The van der Waals surface area contributed by atoms with Crippen LogP contribution in [0.1, 0.15) is 17.9 Å². The van der Waals surface area contributed by atoms with Gasteiger partial charge in [0.2, 0.25) is 5.91 Å². The number of carbonyl (C=O) groups excluding carboxylic acids is 1. The number of benzene rings is 1. The summed E-state index contributed by atoms with van der Waals surface area (Å²) in [6, 6.07) is 9.52. The maximum atomic E-state index is 11.8. The minimum atomic E-state index is -0.236. The van der Waals surface area contributed by atoms with Crippen LogP contribution >= 0.6 is 23.4 Å². The molecule has 0 aromatic heterocycles. The fourth-order valence-electron chi connectivity index (χ4n) is 2.08. The summed E-state index contributed by atoms with van der Waals surface area (Å²) in [6.07, 6.45) is 2.00.